The Balaban J connectivity index is 2.00. The Bertz CT molecular complexity index is 621. The van der Waals surface area contributed by atoms with Crippen molar-refractivity contribution in [3.8, 4) is 0 Å². The standard InChI is InChI=1S/C17H25N3O2/c1-12(2)8-14(10-21)9-18-17(22)13(3)20-11-19-15-6-4-5-7-16(15)20/h4-7,11-14,21H,8-10H2,1-3H3,(H,18,22). The number of imidazole rings is 1. The first kappa shape index (κ1) is 16.5. The first-order valence-electron chi connectivity index (χ1n) is 7.83. The highest BCUT2D eigenvalue weighted by atomic mass is 16.3. The maximum atomic E-state index is 12.3. The zero-order valence-electron chi connectivity index (χ0n) is 13.5. The molecule has 0 radical (unpaired) electrons. The van der Waals surface area contributed by atoms with Crippen molar-refractivity contribution in [3.05, 3.63) is 30.6 Å². The number of benzene rings is 1. The molecule has 1 amide bonds. The van der Waals surface area contributed by atoms with E-state index in [1.807, 2.05) is 35.8 Å². The molecule has 1 aromatic carbocycles. The third-order valence-electron chi connectivity index (χ3n) is 3.91. The maximum absolute atomic E-state index is 12.3. The average molecular weight is 303 g/mol. The Hall–Kier alpha value is -1.88. The fraction of sp³-hybridized carbons (Fsp3) is 0.529. The van der Waals surface area contributed by atoms with Crippen molar-refractivity contribution >= 4 is 16.9 Å². The lowest BCUT2D eigenvalue weighted by Gasteiger charge is -2.19. The van der Waals surface area contributed by atoms with E-state index in [9.17, 15) is 9.90 Å². The number of para-hydroxylation sites is 2. The molecular weight excluding hydrogens is 278 g/mol. The van der Waals surface area contributed by atoms with E-state index in [2.05, 4.69) is 24.1 Å². The molecule has 0 saturated carbocycles. The molecule has 0 spiro atoms. The molecule has 0 saturated heterocycles. The molecule has 2 N–H and O–H groups in total. The van der Waals surface area contributed by atoms with Gasteiger partial charge in [0.05, 0.1) is 17.4 Å². The van der Waals surface area contributed by atoms with Crippen molar-refractivity contribution in [2.75, 3.05) is 13.2 Å². The summed E-state index contributed by atoms with van der Waals surface area (Å²) < 4.78 is 1.88. The predicted molar refractivity (Wildman–Crippen MR) is 87.5 cm³/mol. The van der Waals surface area contributed by atoms with E-state index in [0.717, 1.165) is 17.5 Å². The summed E-state index contributed by atoms with van der Waals surface area (Å²) in [7, 11) is 0. The van der Waals surface area contributed by atoms with Crippen LogP contribution >= 0.6 is 0 Å². The zero-order valence-corrected chi connectivity index (χ0v) is 13.5. The van der Waals surface area contributed by atoms with Gasteiger partial charge in [0.15, 0.2) is 0 Å². The first-order valence-corrected chi connectivity index (χ1v) is 7.83. The monoisotopic (exact) mass is 303 g/mol. The molecule has 0 aliphatic rings. The average Bonchev–Trinajstić information content (AvgIpc) is 2.93. The Labute approximate surface area is 131 Å². The van der Waals surface area contributed by atoms with Crippen LogP contribution in [0, 0.1) is 11.8 Å². The van der Waals surface area contributed by atoms with E-state index >= 15 is 0 Å². The minimum absolute atomic E-state index is 0.0506. The molecule has 5 nitrogen and oxygen atoms in total. The van der Waals surface area contributed by atoms with Crippen molar-refractivity contribution in [3.63, 3.8) is 0 Å². The van der Waals surface area contributed by atoms with Crippen molar-refractivity contribution in [2.24, 2.45) is 11.8 Å². The first-order chi connectivity index (χ1) is 10.5. The molecule has 120 valence electrons. The molecule has 2 rings (SSSR count). The predicted octanol–water partition coefficient (Wildman–Crippen LogP) is 2.37. The summed E-state index contributed by atoms with van der Waals surface area (Å²) in [4.78, 5) is 16.7. The van der Waals surface area contributed by atoms with Crippen molar-refractivity contribution in [2.45, 2.75) is 33.2 Å². The van der Waals surface area contributed by atoms with Crippen molar-refractivity contribution in [1.29, 1.82) is 0 Å². The van der Waals surface area contributed by atoms with Gasteiger partial charge in [0.1, 0.15) is 6.04 Å². The summed E-state index contributed by atoms with van der Waals surface area (Å²) in [6.07, 6.45) is 2.60. The van der Waals surface area contributed by atoms with Crippen LogP contribution in [-0.2, 0) is 4.79 Å². The third kappa shape index (κ3) is 3.85. The van der Waals surface area contributed by atoms with Crippen LogP contribution in [0.1, 0.15) is 33.2 Å². The van der Waals surface area contributed by atoms with Crippen molar-refractivity contribution in [1.82, 2.24) is 14.9 Å². The number of carbonyl (C=O) groups is 1. The van der Waals surface area contributed by atoms with Crippen LogP contribution in [0.5, 0.6) is 0 Å². The van der Waals surface area contributed by atoms with Crippen LogP contribution in [-0.4, -0.2) is 33.7 Å². The highest BCUT2D eigenvalue weighted by molar-refractivity contribution is 5.83. The van der Waals surface area contributed by atoms with Crippen LogP contribution < -0.4 is 5.32 Å². The SMILES string of the molecule is CC(C)CC(CO)CNC(=O)C(C)n1cnc2ccccc21. The van der Waals surface area contributed by atoms with E-state index in [1.165, 1.54) is 0 Å². The largest absolute Gasteiger partial charge is 0.396 e. The summed E-state index contributed by atoms with van der Waals surface area (Å²) in [5, 5.41) is 12.3. The van der Waals surface area contributed by atoms with Gasteiger partial charge in [-0.1, -0.05) is 26.0 Å². The van der Waals surface area contributed by atoms with E-state index in [0.29, 0.717) is 12.5 Å². The Morgan fingerprint density at radius 1 is 1.32 bits per heavy atom. The maximum Gasteiger partial charge on any atom is 0.242 e. The number of hydrogen-bond donors (Lipinski definition) is 2. The summed E-state index contributed by atoms with van der Waals surface area (Å²) in [5.41, 5.74) is 1.83. The highest BCUT2D eigenvalue weighted by Gasteiger charge is 2.18. The van der Waals surface area contributed by atoms with Gasteiger partial charge in [-0.15, -0.1) is 0 Å². The topological polar surface area (TPSA) is 67.2 Å². The smallest absolute Gasteiger partial charge is 0.242 e. The quantitative estimate of drug-likeness (QED) is 0.825. The molecule has 2 unspecified atom stereocenters. The van der Waals surface area contributed by atoms with Gasteiger partial charge in [0, 0.05) is 13.2 Å². The number of rotatable bonds is 7. The van der Waals surface area contributed by atoms with Gasteiger partial charge in [0.25, 0.3) is 0 Å². The minimum atomic E-state index is -0.328. The lowest BCUT2D eigenvalue weighted by atomic mass is 9.98. The molecule has 0 aliphatic heterocycles. The number of aromatic nitrogens is 2. The molecule has 5 heteroatoms. The highest BCUT2D eigenvalue weighted by Crippen LogP contribution is 2.17. The molecular formula is C17H25N3O2. The van der Waals surface area contributed by atoms with Gasteiger partial charge in [-0.05, 0) is 37.3 Å². The summed E-state index contributed by atoms with van der Waals surface area (Å²) in [6.45, 7) is 6.70. The number of hydrogen-bond acceptors (Lipinski definition) is 3. The molecule has 0 bridgehead atoms. The number of fused-ring (bicyclic) bond motifs is 1. The number of aliphatic hydroxyl groups is 1. The van der Waals surface area contributed by atoms with E-state index < -0.39 is 0 Å². The van der Waals surface area contributed by atoms with E-state index in [1.54, 1.807) is 6.33 Å². The summed E-state index contributed by atoms with van der Waals surface area (Å²) >= 11 is 0. The van der Waals surface area contributed by atoms with Gasteiger partial charge in [-0.25, -0.2) is 4.98 Å². The number of nitrogens with one attached hydrogen (secondary N) is 1. The molecule has 1 aromatic heterocycles. The van der Waals surface area contributed by atoms with Crippen LogP contribution in [0.2, 0.25) is 0 Å². The second-order valence-corrected chi connectivity index (χ2v) is 6.24. The molecule has 2 aromatic rings. The Kier molecular flexibility index (Phi) is 5.55. The fourth-order valence-corrected chi connectivity index (χ4v) is 2.69. The second-order valence-electron chi connectivity index (χ2n) is 6.24. The molecule has 22 heavy (non-hydrogen) atoms. The van der Waals surface area contributed by atoms with Crippen molar-refractivity contribution < 1.29 is 9.90 Å². The molecule has 1 heterocycles. The number of carbonyl (C=O) groups excluding carboxylic acids is 1. The van der Waals surface area contributed by atoms with Gasteiger partial charge in [-0.3, -0.25) is 4.79 Å². The van der Waals surface area contributed by atoms with E-state index in [-0.39, 0.29) is 24.5 Å². The summed E-state index contributed by atoms with van der Waals surface area (Å²) in [6, 6.07) is 7.44. The third-order valence-corrected chi connectivity index (χ3v) is 3.91. The van der Waals surface area contributed by atoms with Gasteiger partial charge in [-0.2, -0.15) is 0 Å². The second kappa shape index (κ2) is 7.40. The molecule has 2 atom stereocenters. The van der Waals surface area contributed by atoms with Crippen LogP contribution in [0.15, 0.2) is 30.6 Å². The van der Waals surface area contributed by atoms with Crippen LogP contribution in [0.4, 0.5) is 0 Å². The fourth-order valence-electron chi connectivity index (χ4n) is 2.69. The van der Waals surface area contributed by atoms with Gasteiger partial charge < -0.3 is 15.0 Å². The summed E-state index contributed by atoms with van der Waals surface area (Å²) in [5.74, 6) is 0.560. The van der Waals surface area contributed by atoms with E-state index in [4.69, 9.17) is 0 Å². The molecule has 0 aliphatic carbocycles. The number of nitrogens with zero attached hydrogens (tertiary/aromatic N) is 2. The number of aliphatic hydroxyl groups excluding tert-OH is 1. The molecule has 0 fully saturated rings. The Morgan fingerprint density at radius 2 is 2.05 bits per heavy atom. The lowest BCUT2D eigenvalue weighted by Crippen LogP contribution is -2.35. The lowest BCUT2D eigenvalue weighted by molar-refractivity contribution is -0.124. The Morgan fingerprint density at radius 3 is 2.73 bits per heavy atom. The van der Waals surface area contributed by atoms with Crippen LogP contribution in [0.3, 0.4) is 0 Å². The normalized spacial score (nSPS) is 14.2. The van der Waals surface area contributed by atoms with Gasteiger partial charge >= 0.3 is 0 Å². The number of amides is 1. The van der Waals surface area contributed by atoms with Gasteiger partial charge in [0.2, 0.25) is 5.91 Å². The van der Waals surface area contributed by atoms with Crippen LogP contribution in [0.25, 0.3) is 11.0 Å². The minimum Gasteiger partial charge on any atom is -0.396 e. The zero-order chi connectivity index (χ0) is 16.1.